The van der Waals surface area contributed by atoms with E-state index in [1.807, 2.05) is 0 Å². The van der Waals surface area contributed by atoms with Crippen molar-refractivity contribution in [2.24, 2.45) is 0 Å². The molecule has 0 N–H and O–H groups in total. The quantitative estimate of drug-likeness (QED) is 0.559. The molecule has 1 aromatic carbocycles. The minimum absolute atomic E-state index is 0.282. The molecule has 0 heterocycles. The van der Waals surface area contributed by atoms with Gasteiger partial charge in [-0.1, -0.05) is 0 Å². The first-order valence-corrected chi connectivity index (χ1v) is 5.58. The van der Waals surface area contributed by atoms with Gasteiger partial charge in [0.25, 0.3) is 0 Å². The van der Waals surface area contributed by atoms with Gasteiger partial charge in [-0.2, -0.15) is 13.2 Å². The van der Waals surface area contributed by atoms with Gasteiger partial charge in [-0.3, -0.25) is 0 Å². The van der Waals surface area contributed by atoms with Crippen molar-refractivity contribution in [3.63, 3.8) is 0 Å². The van der Waals surface area contributed by atoms with Crippen LogP contribution in [-0.4, -0.2) is 14.7 Å². The van der Waals surface area contributed by atoms with Gasteiger partial charge in [-0.25, -0.2) is 12.8 Å². The summed E-state index contributed by atoms with van der Waals surface area (Å²) in [7, 11) is -3.77. The molecule has 0 spiro atoms. The molecule has 0 saturated carbocycles. The normalized spacial score (nSPS) is 12.9. The van der Waals surface area contributed by atoms with Gasteiger partial charge in [0.15, 0.2) is 9.84 Å². The van der Waals surface area contributed by atoms with Gasteiger partial charge in [-0.15, -0.1) is 0 Å². The largest absolute Gasteiger partial charge is 0.419 e. The van der Waals surface area contributed by atoms with Crippen molar-refractivity contribution in [2.75, 3.05) is 6.26 Å². The average Bonchev–Trinajstić information content (AvgIpc) is 2.00. The van der Waals surface area contributed by atoms with Crippen molar-refractivity contribution in [3.05, 3.63) is 29.6 Å². The number of hydrogen-bond donors (Lipinski definition) is 0. The Labute approximate surface area is 83.4 Å². The smallest absolute Gasteiger partial charge is 0.224 e. The lowest BCUT2D eigenvalue weighted by molar-refractivity contribution is -0.140. The number of sulfone groups is 1. The van der Waals surface area contributed by atoms with Gasteiger partial charge in [0.1, 0.15) is 5.82 Å². The second-order valence-electron chi connectivity index (χ2n) is 2.91. The van der Waals surface area contributed by atoms with Crippen LogP contribution in [0.25, 0.3) is 0 Å². The Morgan fingerprint density at radius 3 is 2.13 bits per heavy atom. The molecule has 0 amide bonds. The summed E-state index contributed by atoms with van der Waals surface area (Å²) in [6.45, 7) is 0. The van der Waals surface area contributed by atoms with E-state index in [9.17, 15) is 26.0 Å². The van der Waals surface area contributed by atoms with Gasteiger partial charge in [0, 0.05) is 6.26 Å². The molecule has 7 heteroatoms. The van der Waals surface area contributed by atoms with Crippen LogP contribution < -0.4 is 0 Å². The molecule has 1 aromatic rings. The second kappa shape index (κ2) is 3.48. The topological polar surface area (TPSA) is 34.1 Å². The van der Waals surface area contributed by atoms with Gasteiger partial charge in [0.2, 0.25) is 0 Å². The molecular formula is C8H6F4O2S. The molecular weight excluding hydrogens is 236 g/mol. The fourth-order valence-electron chi connectivity index (χ4n) is 0.952. The maximum Gasteiger partial charge on any atom is 0.419 e. The van der Waals surface area contributed by atoms with Crippen LogP contribution in [0.15, 0.2) is 23.1 Å². The van der Waals surface area contributed by atoms with Crippen LogP contribution in [0.3, 0.4) is 0 Å². The van der Waals surface area contributed by atoms with Gasteiger partial charge in [0.05, 0.1) is 10.5 Å². The van der Waals surface area contributed by atoms with Gasteiger partial charge >= 0.3 is 6.18 Å². The molecule has 0 saturated heterocycles. The minimum Gasteiger partial charge on any atom is -0.224 e. The zero-order valence-corrected chi connectivity index (χ0v) is 8.29. The molecule has 1 rings (SSSR count). The number of halogens is 4. The molecule has 0 aliphatic heterocycles. The van der Waals surface area contributed by atoms with E-state index >= 15 is 0 Å². The van der Waals surface area contributed by atoms with E-state index in [0.717, 1.165) is 12.3 Å². The van der Waals surface area contributed by atoms with Crippen LogP contribution >= 0.6 is 0 Å². The number of benzene rings is 1. The molecule has 15 heavy (non-hydrogen) atoms. The van der Waals surface area contributed by atoms with Crippen LogP contribution in [0, 0.1) is 5.82 Å². The standard InChI is InChI=1S/C8H6F4O2S/c1-15(13,14)5-2-3-7(9)6(4-5)8(10,11)12/h2-4H,1H3. The first-order chi connectivity index (χ1) is 6.62. The summed E-state index contributed by atoms with van der Waals surface area (Å²) < 4.78 is 71.2. The SMILES string of the molecule is CS(=O)(=O)c1ccc(F)c(C(F)(F)F)c1. The fraction of sp³-hybridized carbons (Fsp3) is 0.250. The predicted octanol–water partition coefficient (Wildman–Crippen LogP) is 2.25. The summed E-state index contributed by atoms with van der Waals surface area (Å²) in [5, 5.41) is 0. The van der Waals surface area contributed by atoms with Crippen molar-refractivity contribution in [3.8, 4) is 0 Å². The first kappa shape index (κ1) is 12.0. The summed E-state index contributed by atoms with van der Waals surface area (Å²) in [5.41, 5.74) is -1.58. The van der Waals surface area contributed by atoms with Gasteiger partial charge in [-0.05, 0) is 18.2 Å². The third-order valence-electron chi connectivity index (χ3n) is 1.67. The Morgan fingerprint density at radius 2 is 1.73 bits per heavy atom. The monoisotopic (exact) mass is 242 g/mol. The average molecular weight is 242 g/mol. The summed E-state index contributed by atoms with van der Waals surface area (Å²) in [6.07, 6.45) is -4.15. The van der Waals surface area contributed by atoms with Crippen LogP contribution in [0.1, 0.15) is 5.56 Å². The van der Waals surface area contributed by atoms with E-state index in [2.05, 4.69) is 0 Å². The van der Waals surface area contributed by atoms with E-state index < -0.39 is 32.3 Å². The van der Waals surface area contributed by atoms with E-state index in [1.165, 1.54) is 0 Å². The Kier molecular flexibility index (Phi) is 2.77. The molecule has 0 atom stereocenters. The highest BCUT2D eigenvalue weighted by atomic mass is 32.2. The highest BCUT2D eigenvalue weighted by Crippen LogP contribution is 2.32. The Hall–Kier alpha value is -1.11. The van der Waals surface area contributed by atoms with Crippen molar-refractivity contribution in [1.29, 1.82) is 0 Å². The van der Waals surface area contributed by atoms with E-state index in [1.54, 1.807) is 0 Å². The maximum absolute atomic E-state index is 12.7. The maximum atomic E-state index is 12.7. The summed E-state index contributed by atoms with van der Waals surface area (Å²) in [4.78, 5) is -0.559. The molecule has 0 fully saturated rings. The van der Waals surface area contributed by atoms with Crippen molar-refractivity contribution >= 4 is 9.84 Å². The minimum atomic E-state index is -4.90. The van der Waals surface area contributed by atoms with Crippen molar-refractivity contribution in [2.45, 2.75) is 11.1 Å². The van der Waals surface area contributed by atoms with Crippen molar-refractivity contribution in [1.82, 2.24) is 0 Å². The lowest BCUT2D eigenvalue weighted by atomic mass is 10.2. The number of hydrogen-bond acceptors (Lipinski definition) is 2. The zero-order valence-electron chi connectivity index (χ0n) is 7.47. The third kappa shape index (κ3) is 2.68. The third-order valence-corrected chi connectivity index (χ3v) is 2.78. The van der Waals surface area contributed by atoms with Crippen LogP contribution in [0.4, 0.5) is 17.6 Å². The molecule has 0 aliphatic rings. The lowest BCUT2D eigenvalue weighted by Gasteiger charge is -2.08. The number of alkyl halides is 3. The summed E-state index contributed by atoms with van der Waals surface area (Å²) in [6, 6.07) is 1.56. The highest BCUT2D eigenvalue weighted by molar-refractivity contribution is 7.90. The molecule has 84 valence electrons. The predicted molar refractivity (Wildman–Crippen MR) is 44.5 cm³/mol. The van der Waals surface area contributed by atoms with Crippen LogP contribution in [-0.2, 0) is 16.0 Å². The number of rotatable bonds is 1. The molecule has 0 bridgehead atoms. The highest BCUT2D eigenvalue weighted by Gasteiger charge is 2.34. The Balaban J connectivity index is 3.43. The second-order valence-corrected chi connectivity index (χ2v) is 4.93. The first-order valence-electron chi connectivity index (χ1n) is 3.69. The summed E-state index contributed by atoms with van der Waals surface area (Å²) in [5.74, 6) is -1.49. The van der Waals surface area contributed by atoms with Crippen LogP contribution in [0.5, 0.6) is 0 Å². The molecule has 0 unspecified atom stereocenters. The molecule has 0 radical (unpaired) electrons. The van der Waals surface area contributed by atoms with E-state index in [0.29, 0.717) is 6.07 Å². The Bertz CT molecular complexity index is 476. The lowest BCUT2D eigenvalue weighted by Crippen LogP contribution is -2.10. The molecule has 0 aliphatic carbocycles. The zero-order chi connectivity index (χ0) is 11.9. The van der Waals surface area contributed by atoms with E-state index in [-0.39, 0.29) is 6.07 Å². The molecule has 0 aromatic heterocycles. The van der Waals surface area contributed by atoms with E-state index in [4.69, 9.17) is 0 Å². The summed E-state index contributed by atoms with van der Waals surface area (Å²) >= 11 is 0. The molecule has 2 nitrogen and oxygen atoms in total. The Morgan fingerprint density at radius 1 is 1.20 bits per heavy atom. The fourth-order valence-corrected chi connectivity index (χ4v) is 1.60. The van der Waals surface area contributed by atoms with Gasteiger partial charge < -0.3 is 0 Å². The van der Waals surface area contributed by atoms with Crippen molar-refractivity contribution < 1.29 is 26.0 Å². The van der Waals surface area contributed by atoms with Crippen LogP contribution in [0.2, 0.25) is 0 Å².